The summed E-state index contributed by atoms with van der Waals surface area (Å²) in [6, 6.07) is 0. The van der Waals surface area contributed by atoms with Crippen molar-refractivity contribution in [1.29, 1.82) is 0 Å². The van der Waals surface area contributed by atoms with Crippen LogP contribution in [-0.2, 0) is 4.74 Å². The molecule has 1 aliphatic heterocycles. The van der Waals surface area contributed by atoms with Gasteiger partial charge in [-0.15, -0.1) is 0 Å². The molecule has 1 unspecified atom stereocenters. The second-order valence-corrected chi connectivity index (χ2v) is 6.79. The molecule has 3 atom stereocenters. The van der Waals surface area contributed by atoms with Crippen LogP contribution >= 0.6 is 0 Å². The van der Waals surface area contributed by atoms with Crippen molar-refractivity contribution in [3.63, 3.8) is 0 Å². The molecule has 0 aromatic rings. The monoisotopic (exact) mass is 230 g/mol. The molecule has 1 rings (SSSR count). The molecular weight excluding hydrogens is 204 g/mol. The van der Waals surface area contributed by atoms with E-state index < -0.39 is 11.2 Å². The minimum absolute atomic E-state index is 0.00910. The molecule has 96 valence electrons. The van der Waals surface area contributed by atoms with Crippen LogP contribution in [0.25, 0.3) is 0 Å². The highest BCUT2D eigenvalue weighted by molar-refractivity contribution is 4.96. The Labute approximate surface area is 98.8 Å². The third kappa shape index (κ3) is 2.96. The van der Waals surface area contributed by atoms with Crippen LogP contribution in [-0.4, -0.2) is 34.6 Å². The highest BCUT2D eigenvalue weighted by Gasteiger charge is 2.47. The van der Waals surface area contributed by atoms with E-state index in [0.29, 0.717) is 5.92 Å². The largest absolute Gasteiger partial charge is 0.393 e. The van der Waals surface area contributed by atoms with Gasteiger partial charge in [-0.05, 0) is 38.0 Å². The standard InChI is InChI=1S/C13H26O3/c1-11(2,3)10-6-12(4,8-14)16-13(5,7-10)9-15/h10,14-15H,6-9H2,1-5H3/t10?,12-,13+. The molecule has 1 heterocycles. The minimum Gasteiger partial charge on any atom is -0.393 e. The molecule has 0 aromatic heterocycles. The van der Waals surface area contributed by atoms with Gasteiger partial charge in [0.15, 0.2) is 0 Å². The molecule has 0 aromatic carbocycles. The summed E-state index contributed by atoms with van der Waals surface area (Å²) in [6.45, 7) is 10.5. The van der Waals surface area contributed by atoms with Gasteiger partial charge in [0.05, 0.1) is 24.4 Å². The van der Waals surface area contributed by atoms with Gasteiger partial charge in [-0.3, -0.25) is 0 Å². The molecule has 0 saturated carbocycles. The lowest BCUT2D eigenvalue weighted by Crippen LogP contribution is -2.54. The number of rotatable bonds is 2. The van der Waals surface area contributed by atoms with Gasteiger partial charge in [0.25, 0.3) is 0 Å². The zero-order valence-electron chi connectivity index (χ0n) is 11.2. The topological polar surface area (TPSA) is 49.7 Å². The molecule has 1 saturated heterocycles. The van der Waals surface area contributed by atoms with Gasteiger partial charge < -0.3 is 14.9 Å². The van der Waals surface area contributed by atoms with E-state index in [9.17, 15) is 10.2 Å². The van der Waals surface area contributed by atoms with Crippen LogP contribution < -0.4 is 0 Å². The summed E-state index contributed by atoms with van der Waals surface area (Å²) in [5.74, 6) is 0.454. The van der Waals surface area contributed by atoms with E-state index in [-0.39, 0.29) is 18.6 Å². The Morgan fingerprint density at radius 3 is 1.69 bits per heavy atom. The Kier molecular flexibility index (Phi) is 3.73. The quantitative estimate of drug-likeness (QED) is 0.762. The lowest BCUT2D eigenvalue weighted by atomic mass is 9.68. The molecule has 0 spiro atoms. The first-order valence-electron chi connectivity index (χ1n) is 6.06. The van der Waals surface area contributed by atoms with E-state index in [4.69, 9.17) is 4.74 Å². The Hall–Kier alpha value is -0.120. The van der Waals surface area contributed by atoms with Crippen LogP contribution in [0.5, 0.6) is 0 Å². The summed E-state index contributed by atoms with van der Waals surface area (Å²) in [4.78, 5) is 0. The summed E-state index contributed by atoms with van der Waals surface area (Å²) in [5.41, 5.74) is -0.863. The summed E-state index contributed by atoms with van der Waals surface area (Å²) in [7, 11) is 0. The first kappa shape index (κ1) is 13.9. The van der Waals surface area contributed by atoms with Crippen LogP contribution in [0.3, 0.4) is 0 Å². The fourth-order valence-corrected chi connectivity index (χ4v) is 2.60. The van der Waals surface area contributed by atoms with Crippen molar-refractivity contribution in [2.45, 2.75) is 58.7 Å². The van der Waals surface area contributed by atoms with Gasteiger partial charge >= 0.3 is 0 Å². The molecule has 0 amide bonds. The smallest absolute Gasteiger partial charge is 0.0895 e. The molecule has 3 heteroatoms. The maximum absolute atomic E-state index is 9.45. The molecule has 2 N–H and O–H groups in total. The first-order chi connectivity index (χ1) is 7.14. The average molecular weight is 230 g/mol. The predicted octanol–water partition coefficient (Wildman–Crippen LogP) is 1.96. The van der Waals surface area contributed by atoms with E-state index in [1.165, 1.54) is 0 Å². The van der Waals surface area contributed by atoms with E-state index in [1.807, 2.05) is 13.8 Å². The van der Waals surface area contributed by atoms with Crippen molar-refractivity contribution in [3.8, 4) is 0 Å². The summed E-state index contributed by atoms with van der Waals surface area (Å²) >= 11 is 0. The Balaban J connectivity index is 2.92. The minimum atomic E-state index is -0.520. The molecule has 3 nitrogen and oxygen atoms in total. The highest BCUT2D eigenvalue weighted by atomic mass is 16.5. The van der Waals surface area contributed by atoms with Crippen molar-refractivity contribution in [2.75, 3.05) is 13.2 Å². The average Bonchev–Trinajstić information content (AvgIpc) is 2.15. The van der Waals surface area contributed by atoms with Crippen molar-refractivity contribution < 1.29 is 14.9 Å². The molecular formula is C13H26O3. The maximum atomic E-state index is 9.45. The van der Waals surface area contributed by atoms with E-state index >= 15 is 0 Å². The second kappa shape index (κ2) is 4.28. The van der Waals surface area contributed by atoms with Crippen LogP contribution in [0.4, 0.5) is 0 Å². The molecule has 0 aliphatic carbocycles. The van der Waals surface area contributed by atoms with Gasteiger partial charge in [0, 0.05) is 0 Å². The molecule has 1 fully saturated rings. The van der Waals surface area contributed by atoms with Gasteiger partial charge in [-0.25, -0.2) is 0 Å². The maximum Gasteiger partial charge on any atom is 0.0895 e. The van der Waals surface area contributed by atoms with E-state index in [1.54, 1.807) is 0 Å². The van der Waals surface area contributed by atoms with Crippen molar-refractivity contribution in [3.05, 3.63) is 0 Å². The van der Waals surface area contributed by atoms with Crippen LogP contribution in [0, 0.1) is 11.3 Å². The van der Waals surface area contributed by atoms with Crippen molar-refractivity contribution in [2.24, 2.45) is 11.3 Å². The zero-order valence-corrected chi connectivity index (χ0v) is 11.2. The fourth-order valence-electron chi connectivity index (χ4n) is 2.60. The molecule has 0 bridgehead atoms. The predicted molar refractivity (Wildman–Crippen MR) is 64.2 cm³/mol. The first-order valence-corrected chi connectivity index (χ1v) is 6.06. The van der Waals surface area contributed by atoms with E-state index in [0.717, 1.165) is 12.8 Å². The lowest BCUT2D eigenvalue weighted by molar-refractivity contribution is -0.226. The summed E-state index contributed by atoms with van der Waals surface area (Å²) < 4.78 is 5.89. The number of hydrogen-bond acceptors (Lipinski definition) is 3. The Morgan fingerprint density at radius 1 is 1.06 bits per heavy atom. The third-order valence-corrected chi connectivity index (χ3v) is 3.74. The second-order valence-electron chi connectivity index (χ2n) is 6.79. The van der Waals surface area contributed by atoms with Gasteiger partial charge in [0.2, 0.25) is 0 Å². The Morgan fingerprint density at radius 2 is 1.44 bits per heavy atom. The molecule has 1 aliphatic rings. The molecule has 16 heavy (non-hydrogen) atoms. The van der Waals surface area contributed by atoms with Crippen LogP contribution in [0.15, 0.2) is 0 Å². The van der Waals surface area contributed by atoms with Crippen molar-refractivity contribution in [1.82, 2.24) is 0 Å². The number of aliphatic hydroxyl groups is 2. The zero-order chi connectivity index (χ0) is 12.6. The van der Waals surface area contributed by atoms with Gasteiger partial charge in [-0.1, -0.05) is 20.8 Å². The fraction of sp³-hybridized carbons (Fsp3) is 1.00. The van der Waals surface area contributed by atoms with Crippen LogP contribution in [0.1, 0.15) is 47.5 Å². The van der Waals surface area contributed by atoms with Gasteiger partial charge in [0.1, 0.15) is 0 Å². The summed E-state index contributed by atoms with van der Waals surface area (Å²) in [6.07, 6.45) is 1.70. The SMILES string of the molecule is CC(C)(C)C1C[C@](C)(CO)O[C@](C)(CO)C1. The molecule has 0 radical (unpaired) electrons. The lowest BCUT2D eigenvalue weighted by Gasteiger charge is -2.50. The van der Waals surface area contributed by atoms with Crippen LogP contribution in [0.2, 0.25) is 0 Å². The normalized spacial score (nSPS) is 41.1. The van der Waals surface area contributed by atoms with Crippen molar-refractivity contribution >= 4 is 0 Å². The summed E-state index contributed by atoms with van der Waals surface area (Å²) in [5, 5.41) is 18.9. The number of ether oxygens (including phenoxy) is 1. The number of aliphatic hydroxyl groups excluding tert-OH is 2. The number of hydrogen-bond donors (Lipinski definition) is 2. The Bertz CT molecular complexity index is 228. The van der Waals surface area contributed by atoms with E-state index in [2.05, 4.69) is 20.8 Å². The highest BCUT2D eigenvalue weighted by Crippen LogP contribution is 2.45. The third-order valence-electron chi connectivity index (χ3n) is 3.74. The van der Waals surface area contributed by atoms with Gasteiger partial charge in [-0.2, -0.15) is 0 Å².